The third-order valence-corrected chi connectivity index (χ3v) is 8.82. The van der Waals surface area contributed by atoms with Gasteiger partial charge in [0.25, 0.3) is 0 Å². The molecule has 0 bridgehead atoms. The van der Waals surface area contributed by atoms with Crippen molar-refractivity contribution in [2.75, 3.05) is 0 Å². The third-order valence-electron chi connectivity index (χ3n) is 8.82. The summed E-state index contributed by atoms with van der Waals surface area (Å²) in [6, 6.07) is 56.7. The second kappa shape index (κ2) is 9.44. The lowest BCUT2D eigenvalue weighted by molar-refractivity contribution is 0.487. The normalized spacial score (nSPS) is 11.9. The molecule has 0 saturated heterocycles. The summed E-state index contributed by atoms with van der Waals surface area (Å²) < 4.78 is 6.54. The van der Waals surface area contributed by atoms with E-state index in [-0.39, 0.29) is 0 Å². The van der Waals surface area contributed by atoms with E-state index >= 15 is 0 Å². The predicted octanol–water partition coefficient (Wildman–Crippen LogP) is 11.9. The van der Waals surface area contributed by atoms with Gasteiger partial charge in [-0.3, -0.25) is 0 Å². The zero-order valence-corrected chi connectivity index (χ0v) is 23.4. The van der Waals surface area contributed by atoms with Crippen molar-refractivity contribution in [1.82, 2.24) is 0 Å². The standard InChI is InChI=1S/C42H26O/c1-3-12-27(13-4-1)31-24-29-16-11-21-39-42(29)37(26-31)36-25-30(22-23-38(36)43-39)41-34-19-9-7-17-32(34)40(28-14-5-2-6-15-28)33-18-8-10-20-35(33)41/h1-26H. The number of fused-ring (bicyclic) bond motifs is 4. The summed E-state index contributed by atoms with van der Waals surface area (Å²) >= 11 is 0. The van der Waals surface area contributed by atoms with Gasteiger partial charge >= 0.3 is 0 Å². The highest BCUT2D eigenvalue weighted by atomic mass is 16.5. The molecule has 0 unspecified atom stereocenters. The van der Waals surface area contributed by atoms with E-state index in [1.807, 2.05) is 0 Å². The average Bonchev–Trinajstić information content (AvgIpc) is 3.08. The van der Waals surface area contributed by atoms with Crippen LogP contribution >= 0.6 is 0 Å². The van der Waals surface area contributed by atoms with Crippen molar-refractivity contribution in [3.05, 3.63) is 158 Å². The monoisotopic (exact) mass is 546 g/mol. The molecular formula is C42H26O. The SMILES string of the molecule is c1ccc(-c2cc3c4c(cccc4c2)Oc2ccc(-c4c5ccccc5c(-c5ccccc5)c5ccccc45)cc2-3)cc1. The summed E-state index contributed by atoms with van der Waals surface area (Å²) in [4.78, 5) is 0. The van der Waals surface area contributed by atoms with E-state index in [4.69, 9.17) is 4.74 Å². The number of hydrogen-bond donors (Lipinski definition) is 0. The third kappa shape index (κ3) is 3.72. The Bertz CT molecular complexity index is 2290. The number of benzene rings is 8. The van der Waals surface area contributed by atoms with Crippen molar-refractivity contribution < 1.29 is 4.74 Å². The van der Waals surface area contributed by atoms with E-state index in [9.17, 15) is 0 Å². The first kappa shape index (κ1) is 24.0. The van der Waals surface area contributed by atoms with Gasteiger partial charge in [-0.2, -0.15) is 0 Å². The van der Waals surface area contributed by atoms with Crippen molar-refractivity contribution >= 4 is 32.3 Å². The summed E-state index contributed by atoms with van der Waals surface area (Å²) in [5.41, 5.74) is 9.71. The van der Waals surface area contributed by atoms with Crippen LogP contribution in [0, 0.1) is 0 Å². The maximum atomic E-state index is 6.54. The maximum absolute atomic E-state index is 6.54. The van der Waals surface area contributed by atoms with Gasteiger partial charge in [-0.05, 0) is 96.2 Å². The van der Waals surface area contributed by atoms with Crippen molar-refractivity contribution in [3.8, 4) is 56.0 Å². The van der Waals surface area contributed by atoms with Crippen LogP contribution in [0.1, 0.15) is 0 Å². The fourth-order valence-electron chi connectivity index (χ4n) is 6.95. The molecule has 0 saturated carbocycles. The van der Waals surface area contributed by atoms with Crippen LogP contribution in [-0.2, 0) is 0 Å². The van der Waals surface area contributed by atoms with Crippen LogP contribution in [0.3, 0.4) is 0 Å². The van der Waals surface area contributed by atoms with E-state index in [1.165, 1.54) is 71.3 Å². The maximum Gasteiger partial charge on any atom is 0.135 e. The van der Waals surface area contributed by atoms with E-state index in [2.05, 4.69) is 158 Å². The van der Waals surface area contributed by atoms with E-state index in [0.29, 0.717) is 0 Å². The molecule has 0 radical (unpaired) electrons. The lowest BCUT2D eigenvalue weighted by atomic mass is 9.84. The first-order valence-electron chi connectivity index (χ1n) is 14.8. The molecule has 200 valence electrons. The second-order valence-corrected chi connectivity index (χ2v) is 11.3. The van der Waals surface area contributed by atoms with Crippen molar-refractivity contribution in [1.29, 1.82) is 0 Å². The van der Waals surface area contributed by atoms with Crippen LogP contribution in [0.15, 0.2) is 158 Å². The fraction of sp³-hybridized carbons (Fsp3) is 0. The largest absolute Gasteiger partial charge is 0.456 e. The van der Waals surface area contributed by atoms with Gasteiger partial charge in [0.2, 0.25) is 0 Å². The van der Waals surface area contributed by atoms with Gasteiger partial charge < -0.3 is 4.74 Å². The zero-order valence-electron chi connectivity index (χ0n) is 23.4. The highest BCUT2D eigenvalue weighted by Gasteiger charge is 2.23. The first-order chi connectivity index (χ1) is 21.3. The van der Waals surface area contributed by atoms with Crippen LogP contribution in [0.4, 0.5) is 0 Å². The van der Waals surface area contributed by atoms with Crippen LogP contribution in [0.25, 0.3) is 76.8 Å². The molecule has 0 aromatic heterocycles. The lowest BCUT2D eigenvalue weighted by Gasteiger charge is -2.24. The Kier molecular flexibility index (Phi) is 5.27. The van der Waals surface area contributed by atoms with Gasteiger partial charge in [0.1, 0.15) is 11.5 Å². The minimum absolute atomic E-state index is 0.892. The Morgan fingerprint density at radius 2 is 0.884 bits per heavy atom. The minimum atomic E-state index is 0.892. The summed E-state index contributed by atoms with van der Waals surface area (Å²) in [5.74, 6) is 1.80. The quantitative estimate of drug-likeness (QED) is 0.200. The number of ether oxygens (including phenoxy) is 1. The molecule has 0 aliphatic carbocycles. The molecular weight excluding hydrogens is 520 g/mol. The molecule has 0 atom stereocenters. The van der Waals surface area contributed by atoms with Crippen LogP contribution in [0.2, 0.25) is 0 Å². The highest BCUT2D eigenvalue weighted by Crippen LogP contribution is 2.50. The second-order valence-electron chi connectivity index (χ2n) is 11.3. The topological polar surface area (TPSA) is 9.23 Å². The molecule has 1 heteroatoms. The molecule has 8 aromatic carbocycles. The fourth-order valence-corrected chi connectivity index (χ4v) is 6.95. The lowest BCUT2D eigenvalue weighted by Crippen LogP contribution is -1.98. The van der Waals surface area contributed by atoms with Crippen LogP contribution in [-0.4, -0.2) is 0 Å². The Morgan fingerprint density at radius 3 is 1.53 bits per heavy atom. The molecule has 1 heterocycles. The molecule has 1 nitrogen and oxygen atoms in total. The van der Waals surface area contributed by atoms with E-state index < -0.39 is 0 Å². The van der Waals surface area contributed by atoms with Gasteiger partial charge in [0.05, 0.1) is 0 Å². The summed E-state index contributed by atoms with van der Waals surface area (Å²) in [7, 11) is 0. The molecule has 0 N–H and O–H groups in total. The van der Waals surface area contributed by atoms with Crippen molar-refractivity contribution in [2.24, 2.45) is 0 Å². The predicted molar refractivity (Wildman–Crippen MR) is 181 cm³/mol. The molecule has 8 aromatic rings. The minimum Gasteiger partial charge on any atom is -0.456 e. The van der Waals surface area contributed by atoms with Gasteiger partial charge in [-0.25, -0.2) is 0 Å². The molecule has 0 spiro atoms. The number of hydrogen-bond acceptors (Lipinski definition) is 1. The zero-order chi connectivity index (χ0) is 28.3. The molecule has 0 amide bonds. The van der Waals surface area contributed by atoms with Gasteiger partial charge in [0, 0.05) is 10.9 Å². The molecule has 1 aliphatic heterocycles. The van der Waals surface area contributed by atoms with Gasteiger partial charge in [-0.15, -0.1) is 0 Å². The molecule has 0 fully saturated rings. The van der Waals surface area contributed by atoms with Gasteiger partial charge in [0.15, 0.2) is 0 Å². The average molecular weight is 547 g/mol. The number of rotatable bonds is 3. The van der Waals surface area contributed by atoms with Crippen molar-refractivity contribution in [2.45, 2.75) is 0 Å². The Labute approximate surface area is 250 Å². The molecule has 9 rings (SSSR count). The Balaban J connectivity index is 1.34. The smallest absolute Gasteiger partial charge is 0.135 e. The Morgan fingerprint density at radius 1 is 0.326 bits per heavy atom. The van der Waals surface area contributed by atoms with E-state index in [0.717, 1.165) is 17.1 Å². The van der Waals surface area contributed by atoms with Gasteiger partial charge in [-0.1, -0.05) is 127 Å². The van der Waals surface area contributed by atoms with Crippen LogP contribution in [0.5, 0.6) is 11.5 Å². The van der Waals surface area contributed by atoms with E-state index in [1.54, 1.807) is 0 Å². The highest BCUT2D eigenvalue weighted by molar-refractivity contribution is 6.21. The summed E-state index contributed by atoms with van der Waals surface area (Å²) in [6.07, 6.45) is 0. The van der Waals surface area contributed by atoms with Crippen molar-refractivity contribution in [3.63, 3.8) is 0 Å². The first-order valence-corrected chi connectivity index (χ1v) is 14.8. The van der Waals surface area contributed by atoms with Crippen LogP contribution < -0.4 is 4.74 Å². The Hall–Kier alpha value is -5.66. The summed E-state index contributed by atoms with van der Waals surface area (Å²) in [6.45, 7) is 0. The molecule has 43 heavy (non-hydrogen) atoms. The molecule has 1 aliphatic rings. The summed E-state index contributed by atoms with van der Waals surface area (Å²) in [5, 5.41) is 7.37.